The molecule has 0 aromatic carbocycles. The lowest BCUT2D eigenvalue weighted by Crippen LogP contribution is -2.37. The molecular weight excluding hydrogens is 246 g/mol. The highest BCUT2D eigenvalue weighted by atomic mass is 32.2. The van der Waals surface area contributed by atoms with Gasteiger partial charge in [0.1, 0.15) is 5.82 Å². The minimum Gasteiger partial charge on any atom is -0.378 e. The molecular formula is C9H13N3O4S. The number of sulfonamides is 1. The molecule has 0 bridgehead atoms. The van der Waals surface area contributed by atoms with Gasteiger partial charge in [0.15, 0.2) is 5.03 Å². The van der Waals surface area contributed by atoms with Crippen LogP contribution in [0, 0.1) is 0 Å². The number of hydrogen-bond donors (Lipinski definition) is 2. The van der Waals surface area contributed by atoms with Crippen molar-refractivity contribution in [1.82, 2.24) is 9.87 Å². The summed E-state index contributed by atoms with van der Waals surface area (Å²) in [6.45, 7) is 2.53. The summed E-state index contributed by atoms with van der Waals surface area (Å²) < 4.78 is 27.9. The van der Waals surface area contributed by atoms with E-state index in [9.17, 15) is 8.42 Å². The fraction of sp³-hybridized carbons (Fsp3) is 0.444. The molecule has 0 amide bonds. The zero-order valence-electron chi connectivity index (χ0n) is 9.04. The minimum absolute atomic E-state index is 0.205. The number of pyridine rings is 1. The summed E-state index contributed by atoms with van der Waals surface area (Å²) in [6, 6.07) is 4.63. The molecule has 2 rings (SSSR count). The Morgan fingerprint density at radius 1 is 1.35 bits per heavy atom. The molecule has 1 aliphatic heterocycles. The van der Waals surface area contributed by atoms with Gasteiger partial charge in [-0.05, 0) is 12.1 Å². The van der Waals surface area contributed by atoms with Crippen molar-refractivity contribution in [1.29, 1.82) is 0 Å². The Bertz CT molecular complexity index is 485. The van der Waals surface area contributed by atoms with Crippen LogP contribution in [0.1, 0.15) is 0 Å². The molecule has 2 heterocycles. The van der Waals surface area contributed by atoms with Crippen LogP contribution in [-0.4, -0.2) is 44.9 Å². The summed E-state index contributed by atoms with van der Waals surface area (Å²) in [7, 11) is -3.92. The van der Waals surface area contributed by atoms with Gasteiger partial charge < -0.3 is 14.8 Å². The van der Waals surface area contributed by atoms with E-state index in [2.05, 4.69) is 4.98 Å². The molecule has 0 unspecified atom stereocenters. The van der Waals surface area contributed by atoms with Crippen molar-refractivity contribution >= 4 is 15.8 Å². The normalized spacial score (nSPS) is 17.1. The average Bonchev–Trinajstić information content (AvgIpc) is 2.40. The third-order valence-corrected chi connectivity index (χ3v) is 3.46. The van der Waals surface area contributed by atoms with Crippen molar-refractivity contribution in [2.75, 3.05) is 31.2 Å². The average molecular weight is 259 g/mol. The summed E-state index contributed by atoms with van der Waals surface area (Å²) in [5, 5.41) is 8.33. The molecule has 0 saturated carbocycles. The smallest absolute Gasteiger partial charge is 0.279 e. The maximum Gasteiger partial charge on any atom is 0.279 e. The van der Waals surface area contributed by atoms with Crippen molar-refractivity contribution in [3.63, 3.8) is 0 Å². The van der Waals surface area contributed by atoms with Gasteiger partial charge in [0.2, 0.25) is 0 Å². The second-order valence-electron chi connectivity index (χ2n) is 3.53. The van der Waals surface area contributed by atoms with E-state index < -0.39 is 10.0 Å². The number of nitrogens with one attached hydrogen (secondary N) is 1. The van der Waals surface area contributed by atoms with E-state index >= 15 is 0 Å². The van der Waals surface area contributed by atoms with Gasteiger partial charge in [-0.25, -0.2) is 13.4 Å². The second-order valence-corrected chi connectivity index (χ2v) is 5.14. The van der Waals surface area contributed by atoms with Crippen LogP contribution in [0.15, 0.2) is 23.2 Å². The molecule has 8 heteroatoms. The first-order chi connectivity index (χ1) is 8.13. The summed E-state index contributed by atoms with van der Waals surface area (Å²) >= 11 is 0. The summed E-state index contributed by atoms with van der Waals surface area (Å²) in [6.07, 6.45) is 0. The number of ether oxygens (including phenoxy) is 1. The largest absolute Gasteiger partial charge is 0.378 e. The maximum absolute atomic E-state index is 11.4. The number of morpholine rings is 1. The van der Waals surface area contributed by atoms with E-state index in [-0.39, 0.29) is 5.03 Å². The molecule has 94 valence electrons. The van der Waals surface area contributed by atoms with Crippen LogP contribution in [0.5, 0.6) is 0 Å². The lowest BCUT2D eigenvalue weighted by Gasteiger charge is -2.27. The predicted molar refractivity (Wildman–Crippen MR) is 59.4 cm³/mol. The molecule has 0 atom stereocenters. The highest BCUT2D eigenvalue weighted by Gasteiger charge is 2.18. The van der Waals surface area contributed by atoms with Gasteiger partial charge >= 0.3 is 0 Å². The van der Waals surface area contributed by atoms with Crippen molar-refractivity contribution < 1.29 is 18.4 Å². The number of nitrogens with zero attached hydrogens (tertiary/aromatic N) is 2. The van der Waals surface area contributed by atoms with Crippen molar-refractivity contribution in [3.8, 4) is 0 Å². The van der Waals surface area contributed by atoms with E-state index in [0.29, 0.717) is 32.1 Å². The Kier molecular flexibility index (Phi) is 3.57. The fourth-order valence-corrected chi connectivity index (χ4v) is 2.13. The van der Waals surface area contributed by atoms with Gasteiger partial charge in [-0.1, -0.05) is 11.0 Å². The molecule has 1 aromatic rings. The Labute approximate surface area is 99.0 Å². The van der Waals surface area contributed by atoms with Crippen LogP contribution in [-0.2, 0) is 14.8 Å². The summed E-state index contributed by atoms with van der Waals surface area (Å²) in [4.78, 5) is 7.18. The van der Waals surface area contributed by atoms with Gasteiger partial charge in [-0.2, -0.15) is 0 Å². The third-order valence-electron chi connectivity index (χ3n) is 2.44. The second kappa shape index (κ2) is 4.96. The van der Waals surface area contributed by atoms with Crippen molar-refractivity contribution in [2.24, 2.45) is 0 Å². The van der Waals surface area contributed by atoms with Crippen LogP contribution in [0.3, 0.4) is 0 Å². The Balaban J connectivity index is 2.28. The molecule has 0 radical (unpaired) electrons. The molecule has 1 fully saturated rings. The molecule has 17 heavy (non-hydrogen) atoms. The third kappa shape index (κ3) is 2.72. The number of aromatic nitrogens is 1. The van der Waals surface area contributed by atoms with E-state index in [1.54, 1.807) is 12.1 Å². The lowest BCUT2D eigenvalue weighted by atomic mass is 10.4. The molecule has 1 aliphatic rings. The topological polar surface area (TPSA) is 91.8 Å². The monoisotopic (exact) mass is 259 g/mol. The Morgan fingerprint density at radius 2 is 2.06 bits per heavy atom. The highest BCUT2D eigenvalue weighted by Crippen LogP contribution is 2.15. The highest BCUT2D eigenvalue weighted by molar-refractivity contribution is 7.89. The van der Waals surface area contributed by atoms with Gasteiger partial charge in [0, 0.05) is 13.1 Å². The van der Waals surface area contributed by atoms with E-state index in [0.717, 1.165) is 0 Å². The minimum atomic E-state index is -3.92. The number of anilines is 1. The summed E-state index contributed by atoms with van der Waals surface area (Å²) in [5.41, 5.74) is 0. The summed E-state index contributed by atoms with van der Waals surface area (Å²) in [5.74, 6) is 0.560. The molecule has 1 aromatic heterocycles. The van der Waals surface area contributed by atoms with Gasteiger partial charge in [-0.15, -0.1) is 0 Å². The van der Waals surface area contributed by atoms with Gasteiger partial charge in [-0.3, -0.25) is 0 Å². The molecule has 2 N–H and O–H groups in total. The van der Waals surface area contributed by atoms with Crippen molar-refractivity contribution in [2.45, 2.75) is 5.03 Å². The zero-order valence-corrected chi connectivity index (χ0v) is 9.85. The molecule has 0 aliphatic carbocycles. The maximum atomic E-state index is 11.4. The Hall–Kier alpha value is -1.22. The van der Waals surface area contributed by atoms with Gasteiger partial charge in [0.25, 0.3) is 10.0 Å². The fourth-order valence-electron chi connectivity index (χ4n) is 1.57. The van der Waals surface area contributed by atoms with Crippen LogP contribution >= 0.6 is 0 Å². The predicted octanol–water partition coefficient (Wildman–Crippen LogP) is -0.414. The number of hydrogen-bond acceptors (Lipinski definition) is 6. The van der Waals surface area contributed by atoms with E-state index in [1.165, 1.54) is 11.0 Å². The van der Waals surface area contributed by atoms with E-state index in [4.69, 9.17) is 9.94 Å². The van der Waals surface area contributed by atoms with Crippen LogP contribution in [0.25, 0.3) is 0 Å². The first-order valence-electron chi connectivity index (χ1n) is 5.09. The van der Waals surface area contributed by atoms with Crippen molar-refractivity contribution in [3.05, 3.63) is 18.2 Å². The van der Waals surface area contributed by atoms with E-state index in [1.807, 2.05) is 4.90 Å². The van der Waals surface area contributed by atoms with Crippen LogP contribution in [0.4, 0.5) is 5.82 Å². The first kappa shape index (κ1) is 12.2. The standard InChI is InChI=1S/C9H13N3O4S/c13-11-17(14,15)9-3-1-2-8(10-9)12-4-6-16-7-5-12/h1-3,11,13H,4-7H2. The molecule has 0 spiro atoms. The molecule has 1 saturated heterocycles. The quantitative estimate of drug-likeness (QED) is 0.717. The zero-order chi connectivity index (χ0) is 12.3. The van der Waals surface area contributed by atoms with Gasteiger partial charge in [0.05, 0.1) is 13.2 Å². The van der Waals surface area contributed by atoms with Crippen LogP contribution in [0.2, 0.25) is 0 Å². The Morgan fingerprint density at radius 3 is 2.71 bits per heavy atom. The molecule has 7 nitrogen and oxygen atoms in total. The first-order valence-corrected chi connectivity index (χ1v) is 6.57. The SMILES string of the molecule is O=S(=O)(NO)c1cccc(N2CCOCC2)n1. The van der Waals surface area contributed by atoms with Crippen LogP contribution < -0.4 is 9.79 Å². The lowest BCUT2D eigenvalue weighted by molar-refractivity contribution is 0.122. The number of rotatable bonds is 3.